The van der Waals surface area contributed by atoms with Gasteiger partial charge < -0.3 is 4.90 Å². The molecule has 35 heavy (non-hydrogen) atoms. The number of amides is 1. The number of hydrogen-bond acceptors (Lipinski definition) is 5. The second-order valence-electron chi connectivity index (χ2n) is 8.30. The highest BCUT2D eigenvalue weighted by Gasteiger charge is 2.29. The van der Waals surface area contributed by atoms with Gasteiger partial charge in [0, 0.05) is 37.1 Å². The van der Waals surface area contributed by atoms with Crippen molar-refractivity contribution in [2.24, 2.45) is 0 Å². The van der Waals surface area contributed by atoms with E-state index < -0.39 is 27.2 Å². The monoisotopic (exact) mass is 498 g/mol. The van der Waals surface area contributed by atoms with Crippen molar-refractivity contribution in [1.82, 2.24) is 14.1 Å². The lowest BCUT2D eigenvalue weighted by molar-refractivity contribution is 0.0977. The number of rotatable bonds is 6. The molecule has 1 aliphatic rings. The zero-order valence-corrected chi connectivity index (χ0v) is 20.7. The first-order valence-electron chi connectivity index (χ1n) is 11.5. The molecule has 0 bridgehead atoms. The maximum Gasteiger partial charge on any atom is 0.282 e. The van der Waals surface area contributed by atoms with Crippen molar-refractivity contribution in [3.05, 3.63) is 81.5 Å². The van der Waals surface area contributed by atoms with Gasteiger partial charge in [-0.05, 0) is 55.7 Å². The van der Waals surface area contributed by atoms with Gasteiger partial charge >= 0.3 is 0 Å². The van der Waals surface area contributed by atoms with Crippen LogP contribution in [-0.4, -0.2) is 48.0 Å². The van der Waals surface area contributed by atoms with Crippen LogP contribution in [0.15, 0.2) is 58.2 Å². The number of carbonyl (C=O) groups excluding carboxylic acids is 1. The SMILES string of the molecule is CCN(CC)S(=O)(=O)c1ccc2c(c1)CCCN2C(=O)c1nn(-c2ccccc2F)c(C)cc1=O. The molecule has 2 aromatic carbocycles. The number of sulfonamides is 1. The molecule has 10 heteroatoms. The predicted octanol–water partition coefficient (Wildman–Crippen LogP) is 3.30. The van der Waals surface area contributed by atoms with Crippen LogP contribution in [-0.2, 0) is 16.4 Å². The summed E-state index contributed by atoms with van der Waals surface area (Å²) >= 11 is 0. The number of aryl methyl sites for hydroxylation is 2. The molecule has 0 fully saturated rings. The fraction of sp³-hybridized carbons (Fsp3) is 0.320. The molecule has 184 valence electrons. The van der Waals surface area contributed by atoms with E-state index in [4.69, 9.17) is 0 Å². The van der Waals surface area contributed by atoms with Gasteiger partial charge in [-0.2, -0.15) is 9.40 Å². The van der Waals surface area contributed by atoms with E-state index in [0.717, 1.165) is 0 Å². The molecule has 0 N–H and O–H groups in total. The molecule has 0 aliphatic carbocycles. The van der Waals surface area contributed by atoms with Gasteiger partial charge in [-0.3, -0.25) is 9.59 Å². The lowest BCUT2D eigenvalue weighted by Crippen LogP contribution is -2.39. The number of fused-ring (bicyclic) bond motifs is 1. The summed E-state index contributed by atoms with van der Waals surface area (Å²) in [6.45, 7) is 6.23. The van der Waals surface area contributed by atoms with Crippen molar-refractivity contribution in [1.29, 1.82) is 0 Å². The van der Waals surface area contributed by atoms with Crippen LogP contribution in [0.25, 0.3) is 5.69 Å². The van der Waals surface area contributed by atoms with Crippen LogP contribution in [0.2, 0.25) is 0 Å². The fourth-order valence-corrected chi connectivity index (χ4v) is 5.86. The number of hydrogen-bond donors (Lipinski definition) is 0. The molecule has 0 saturated heterocycles. The second-order valence-corrected chi connectivity index (χ2v) is 10.2. The largest absolute Gasteiger partial charge is 0.307 e. The first kappa shape index (κ1) is 24.7. The third kappa shape index (κ3) is 4.51. The fourth-order valence-electron chi connectivity index (χ4n) is 4.35. The molecular formula is C25H27FN4O4S. The Morgan fingerprint density at radius 3 is 2.49 bits per heavy atom. The molecule has 0 atom stereocenters. The van der Waals surface area contributed by atoms with E-state index in [9.17, 15) is 22.4 Å². The van der Waals surface area contributed by atoms with Crippen molar-refractivity contribution in [2.45, 2.75) is 38.5 Å². The Hall–Kier alpha value is -3.37. The average Bonchev–Trinajstić information content (AvgIpc) is 2.84. The minimum atomic E-state index is -3.65. The first-order valence-corrected chi connectivity index (χ1v) is 12.9. The van der Waals surface area contributed by atoms with Crippen LogP contribution >= 0.6 is 0 Å². The minimum absolute atomic E-state index is 0.129. The molecule has 0 spiro atoms. The van der Waals surface area contributed by atoms with E-state index in [1.165, 1.54) is 38.2 Å². The van der Waals surface area contributed by atoms with Crippen LogP contribution in [0.1, 0.15) is 42.0 Å². The second kappa shape index (κ2) is 9.71. The standard InChI is InChI=1S/C25H27FN4O4S/c1-4-28(5-2)35(33,34)19-12-13-21-18(16-19)9-8-14-29(21)25(32)24-23(31)15-17(3)30(27-24)22-11-7-6-10-20(22)26/h6-7,10-13,15-16H,4-5,8-9,14H2,1-3H3. The van der Waals surface area contributed by atoms with Gasteiger partial charge in [0.15, 0.2) is 5.69 Å². The highest BCUT2D eigenvalue weighted by molar-refractivity contribution is 7.89. The van der Waals surface area contributed by atoms with Gasteiger partial charge in [0.25, 0.3) is 5.91 Å². The van der Waals surface area contributed by atoms with E-state index in [0.29, 0.717) is 49.4 Å². The predicted molar refractivity (Wildman–Crippen MR) is 131 cm³/mol. The molecule has 1 aliphatic heterocycles. The quantitative estimate of drug-likeness (QED) is 0.520. The summed E-state index contributed by atoms with van der Waals surface area (Å²) in [7, 11) is -3.65. The summed E-state index contributed by atoms with van der Waals surface area (Å²) < 4.78 is 42.9. The average molecular weight is 499 g/mol. The molecule has 0 unspecified atom stereocenters. The normalized spacial score (nSPS) is 13.7. The highest BCUT2D eigenvalue weighted by atomic mass is 32.2. The molecule has 1 amide bonds. The third-order valence-electron chi connectivity index (χ3n) is 6.15. The highest BCUT2D eigenvalue weighted by Crippen LogP contribution is 2.31. The van der Waals surface area contributed by atoms with Crippen LogP contribution in [0.4, 0.5) is 10.1 Å². The zero-order chi connectivity index (χ0) is 25.3. The Bertz CT molecular complexity index is 1450. The summed E-state index contributed by atoms with van der Waals surface area (Å²) in [5.74, 6) is -1.14. The van der Waals surface area contributed by atoms with E-state index in [-0.39, 0.29) is 16.3 Å². The molecule has 1 aromatic heterocycles. The molecule has 8 nitrogen and oxygen atoms in total. The molecule has 4 rings (SSSR count). The van der Waals surface area contributed by atoms with Crippen molar-refractivity contribution >= 4 is 21.6 Å². The van der Waals surface area contributed by atoms with Crippen LogP contribution in [0.5, 0.6) is 0 Å². The van der Waals surface area contributed by atoms with Crippen molar-refractivity contribution in [2.75, 3.05) is 24.5 Å². The summed E-state index contributed by atoms with van der Waals surface area (Å²) in [6.07, 6.45) is 1.20. The van der Waals surface area contributed by atoms with E-state index >= 15 is 0 Å². The molecule has 0 radical (unpaired) electrons. The molecular weight excluding hydrogens is 471 g/mol. The van der Waals surface area contributed by atoms with E-state index in [1.54, 1.807) is 45.0 Å². The Balaban J connectivity index is 1.75. The number of para-hydroxylation sites is 1. The van der Waals surface area contributed by atoms with Gasteiger partial charge in [-0.1, -0.05) is 26.0 Å². The van der Waals surface area contributed by atoms with Crippen LogP contribution < -0.4 is 10.3 Å². The maximum atomic E-state index is 14.4. The van der Waals surface area contributed by atoms with Crippen LogP contribution in [0, 0.1) is 12.7 Å². The third-order valence-corrected chi connectivity index (χ3v) is 8.19. The van der Waals surface area contributed by atoms with E-state index in [1.807, 2.05) is 0 Å². The number of anilines is 1. The van der Waals surface area contributed by atoms with Crippen molar-refractivity contribution in [3.63, 3.8) is 0 Å². The topological polar surface area (TPSA) is 92.6 Å². The van der Waals surface area contributed by atoms with Gasteiger partial charge in [-0.15, -0.1) is 0 Å². The summed E-state index contributed by atoms with van der Waals surface area (Å²) in [4.78, 5) is 27.8. The summed E-state index contributed by atoms with van der Waals surface area (Å²) in [5.41, 5.74) is 0.879. The van der Waals surface area contributed by atoms with Gasteiger partial charge in [-0.25, -0.2) is 17.5 Å². The molecule has 3 aromatic rings. The lowest BCUT2D eigenvalue weighted by atomic mass is 10.0. The smallest absolute Gasteiger partial charge is 0.282 e. The lowest BCUT2D eigenvalue weighted by Gasteiger charge is -2.30. The van der Waals surface area contributed by atoms with Crippen LogP contribution in [0.3, 0.4) is 0 Å². The van der Waals surface area contributed by atoms with Crippen molar-refractivity contribution in [3.8, 4) is 5.69 Å². The Morgan fingerprint density at radius 2 is 1.80 bits per heavy atom. The Morgan fingerprint density at radius 1 is 1.09 bits per heavy atom. The number of benzene rings is 2. The maximum absolute atomic E-state index is 14.4. The Labute approximate surface area is 203 Å². The Kier molecular flexibility index (Phi) is 6.86. The van der Waals surface area contributed by atoms with Gasteiger partial charge in [0.05, 0.1) is 4.90 Å². The first-order chi connectivity index (χ1) is 16.7. The number of carbonyl (C=O) groups is 1. The molecule has 2 heterocycles. The van der Waals surface area contributed by atoms with E-state index in [2.05, 4.69) is 5.10 Å². The minimum Gasteiger partial charge on any atom is -0.307 e. The summed E-state index contributed by atoms with van der Waals surface area (Å²) in [6, 6.07) is 11.9. The number of aromatic nitrogens is 2. The van der Waals surface area contributed by atoms with Gasteiger partial charge in [0.2, 0.25) is 15.5 Å². The number of halogens is 1. The summed E-state index contributed by atoms with van der Waals surface area (Å²) in [5, 5.41) is 4.22. The van der Waals surface area contributed by atoms with Crippen molar-refractivity contribution < 1.29 is 17.6 Å². The van der Waals surface area contributed by atoms with Gasteiger partial charge in [0.1, 0.15) is 11.5 Å². The zero-order valence-electron chi connectivity index (χ0n) is 19.9. The number of nitrogens with zero attached hydrogens (tertiary/aromatic N) is 4. The molecule has 0 saturated carbocycles.